The van der Waals surface area contributed by atoms with Gasteiger partial charge >= 0.3 is 0 Å². The maximum atomic E-state index is 6.45. The van der Waals surface area contributed by atoms with Crippen LogP contribution in [-0.4, -0.2) is 23.8 Å². The van der Waals surface area contributed by atoms with Crippen LogP contribution in [-0.2, 0) is 0 Å². The van der Waals surface area contributed by atoms with Gasteiger partial charge in [0.25, 0.3) is 8.45 Å². The van der Waals surface area contributed by atoms with Crippen LogP contribution in [0.2, 0.25) is 0 Å². The Morgan fingerprint density at radius 3 is 2.36 bits per heavy atom. The molecule has 0 spiro atoms. The second-order valence-corrected chi connectivity index (χ2v) is 7.55. The second kappa shape index (κ2) is 6.28. The van der Waals surface area contributed by atoms with E-state index in [1.165, 1.54) is 24.9 Å². The summed E-state index contributed by atoms with van der Waals surface area (Å²) in [7, 11) is -0.761. The minimum atomic E-state index is -0.761. The van der Waals surface area contributed by atoms with Crippen LogP contribution in [0.15, 0.2) is 60.7 Å². The van der Waals surface area contributed by atoms with Crippen LogP contribution in [0.1, 0.15) is 19.3 Å². The average Bonchev–Trinajstić information content (AvgIpc) is 3.06. The molecule has 22 heavy (non-hydrogen) atoms. The Kier molecular flexibility index (Phi) is 4.01. The summed E-state index contributed by atoms with van der Waals surface area (Å²) in [6, 6.07) is 21.6. The minimum Gasteiger partial charge on any atom is -0.440 e. The topological polar surface area (TPSA) is 15.7 Å². The largest absolute Gasteiger partial charge is 0.440 e. The average molecular weight is 312 g/mol. The Labute approximate surface area is 133 Å². The van der Waals surface area contributed by atoms with Crippen LogP contribution < -0.4 is 9.19 Å². The quantitative estimate of drug-likeness (QED) is 0.766. The molecule has 4 rings (SSSR count). The van der Waals surface area contributed by atoms with Crippen molar-refractivity contribution in [3.8, 4) is 5.75 Å². The lowest BCUT2D eigenvalue weighted by Crippen LogP contribution is -2.41. The molecule has 0 aliphatic carbocycles. The van der Waals surface area contributed by atoms with Crippen molar-refractivity contribution in [2.24, 2.45) is 0 Å². The van der Waals surface area contributed by atoms with E-state index in [-0.39, 0.29) is 0 Å². The maximum Gasteiger partial charge on any atom is 0.279 e. The van der Waals surface area contributed by atoms with Crippen molar-refractivity contribution in [1.29, 1.82) is 0 Å². The van der Waals surface area contributed by atoms with Gasteiger partial charge in [0, 0.05) is 24.8 Å². The third-order valence-corrected chi connectivity index (χ3v) is 6.62. The molecule has 0 bridgehead atoms. The Balaban J connectivity index is 1.64. The number of rotatable bonds is 3. The predicted molar refractivity (Wildman–Crippen MR) is 92.1 cm³/mol. The number of hydrogen-bond acceptors (Lipinski definition) is 3. The number of benzene rings is 2. The Bertz CT molecular complexity index is 607. The lowest BCUT2D eigenvalue weighted by atomic mass is 10.1. The fourth-order valence-corrected chi connectivity index (χ4v) is 5.57. The molecule has 2 atom stereocenters. The maximum absolute atomic E-state index is 6.45. The molecular weight excluding hydrogens is 291 g/mol. The van der Waals surface area contributed by atoms with E-state index in [0.29, 0.717) is 6.04 Å². The first-order chi connectivity index (χ1) is 10.9. The SMILES string of the molecule is c1ccc(OP2N(c3ccccc3)CC[C@@H]3CCCN32)cc1. The van der Waals surface area contributed by atoms with Crippen molar-refractivity contribution in [3.63, 3.8) is 0 Å². The van der Waals surface area contributed by atoms with Gasteiger partial charge < -0.3 is 9.19 Å². The van der Waals surface area contributed by atoms with E-state index < -0.39 is 8.45 Å². The van der Waals surface area contributed by atoms with Crippen molar-refractivity contribution in [1.82, 2.24) is 4.67 Å². The smallest absolute Gasteiger partial charge is 0.279 e. The van der Waals surface area contributed by atoms with Crippen LogP contribution in [0.4, 0.5) is 5.69 Å². The lowest BCUT2D eigenvalue weighted by Gasteiger charge is -2.44. The number of nitrogens with zero attached hydrogens (tertiary/aromatic N) is 2. The number of para-hydroxylation sites is 2. The molecule has 2 heterocycles. The van der Waals surface area contributed by atoms with Crippen LogP contribution in [0.5, 0.6) is 5.75 Å². The molecule has 1 unspecified atom stereocenters. The van der Waals surface area contributed by atoms with E-state index in [2.05, 4.69) is 51.8 Å². The number of anilines is 1. The van der Waals surface area contributed by atoms with Crippen LogP contribution in [0.3, 0.4) is 0 Å². The molecule has 114 valence electrons. The summed E-state index contributed by atoms with van der Waals surface area (Å²) in [5.41, 5.74) is 1.27. The van der Waals surface area contributed by atoms with Crippen molar-refractivity contribution >= 4 is 14.1 Å². The summed E-state index contributed by atoms with van der Waals surface area (Å²) in [6.07, 6.45) is 3.86. The Hall–Kier alpha value is -1.57. The van der Waals surface area contributed by atoms with E-state index in [0.717, 1.165) is 18.8 Å². The van der Waals surface area contributed by atoms with Gasteiger partial charge in [-0.2, -0.15) is 0 Å². The third kappa shape index (κ3) is 2.71. The second-order valence-electron chi connectivity index (χ2n) is 5.86. The summed E-state index contributed by atoms with van der Waals surface area (Å²) in [4.78, 5) is 0. The Morgan fingerprint density at radius 1 is 0.864 bits per heavy atom. The van der Waals surface area contributed by atoms with Gasteiger partial charge in [-0.25, -0.2) is 4.67 Å². The van der Waals surface area contributed by atoms with Crippen molar-refractivity contribution in [3.05, 3.63) is 60.7 Å². The van der Waals surface area contributed by atoms with Gasteiger partial charge in [0.05, 0.1) is 0 Å². The summed E-state index contributed by atoms with van der Waals surface area (Å²) < 4.78 is 11.5. The van der Waals surface area contributed by atoms with E-state index in [1.807, 2.05) is 18.2 Å². The van der Waals surface area contributed by atoms with Crippen molar-refractivity contribution < 1.29 is 4.52 Å². The highest BCUT2D eigenvalue weighted by molar-refractivity contribution is 7.52. The summed E-state index contributed by atoms with van der Waals surface area (Å²) in [6.45, 7) is 2.25. The van der Waals surface area contributed by atoms with Crippen molar-refractivity contribution in [2.75, 3.05) is 17.8 Å². The van der Waals surface area contributed by atoms with E-state index in [1.54, 1.807) is 0 Å². The summed E-state index contributed by atoms with van der Waals surface area (Å²) in [5, 5.41) is 0. The van der Waals surface area contributed by atoms with Crippen LogP contribution in [0.25, 0.3) is 0 Å². The molecule has 0 saturated carbocycles. The highest BCUT2D eigenvalue weighted by Gasteiger charge is 2.41. The minimum absolute atomic E-state index is 0.704. The number of hydrogen-bond donors (Lipinski definition) is 0. The van der Waals surface area contributed by atoms with E-state index in [9.17, 15) is 0 Å². The zero-order chi connectivity index (χ0) is 14.8. The number of fused-ring (bicyclic) bond motifs is 1. The molecule has 2 aromatic carbocycles. The van der Waals surface area contributed by atoms with Gasteiger partial charge in [-0.05, 0) is 43.5 Å². The van der Waals surface area contributed by atoms with Crippen LogP contribution in [0, 0.1) is 0 Å². The van der Waals surface area contributed by atoms with Gasteiger partial charge in [0.1, 0.15) is 5.75 Å². The van der Waals surface area contributed by atoms with Gasteiger partial charge in [-0.15, -0.1) is 0 Å². The first-order valence-electron chi connectivity index (χ1n) is 8.04. The molecule has 2 saturated heterocycles. The molecule has 2 aliphatic heterocycles. The van der Waals surface area contributed by atoms with E-state index >= 15 is 0 Å². The molecule has 2 fully saturated rings. The monoisotopic (exact) mass is 312 g/mol. The molecule has 0 N–H and O–H groups in total. The molecule has 2 aliphatic rings. The van der Waals surface area contributed by atoms with Gasteiger partial charge in [-0.3, -0.25) is 0 Å². The summed E-state index contributed by atoms with van der Waals surface area (Å²) in [5.74, 6) is 0.974. The normalized spacial score (nSPS) is 25.0. The van der Waals surface area contributed by atoms with E-state index in [4.69, 9.17) is 4.52 Å². The molecule has 0 aromatic heterocycles. The highest BCUT2D eigenvalue weighted by atomic mass is 31.2. The molecule has 4 heteroatoms. The van der Waals surface area contributed by atoms with Crippen molar-refractivity contribution in [2.45, 2.75) is 25.3 Å². The zero-order valence-electron chi connectivity index (χ0n) is 12.6. The van der Waals surface area contributed by atoms with Crippen LogP contribution >= 0.6 is 8.45 Å². The lowest BCUT2D eigenvalue weighted by molar-refractivity contribution is 0.348. The van der Waals surface area contributed by atoms with Gasteiger partial charge in [-0.1, -0.05) is 36.4 Å². The first kappa shape index (κ1) is 14.0. The molecule has 0 amide bonds. The third-order valence-electron chi connectivity index (χ3n) is 4.43. The standard InChI is InChI=1S/C18H21N2OP/c1-3-8-16(9-4-1)20-15-13-17-10-7-14-19(17)22(20)21-18-11-5-2-6-12-18/h1-6,8-9,11-12,17H,7,10,13-15H2/t17-,22?/m0/s1. The zero-order valence-corrected chi connectivity index (χ0v) is 13.5. The first-order valence-corrected chi connectivity index (χ1v) is 9.20. The Morgan fingerprint density at radius 2 is 1.59 bits per heavy atom. The summed E-state index contributed by atoms with van der Waals surface area (Å²) >= 11 is 0. The fraction of sp³-hybridized carbons (Fsp3) is 0.333. The molecule has 3 nitrogen and oxygen atoms in total. The fourth-order valence-electron chi connectivity index (χ4n) is 3.34. The van der Waals surface area contributed by atoms with Gasteiger partial charge in [0.2, 0.25) is 0 Å². The highest BCUT2D eigenvalue weighted by Crippen LogP contribution is 2.54. The molecule has 0 radical (unpaired) electrons. The molecular formula is C18H21N2OP. The molecule has 2 aromatic rings. The van der Waals surface area contributed by atoms with Gasteiger partial charge in [0.15, 0.2) is 0 Å². The predicted octanol–water partition coefficient (Wildman–Crippen LogP) is 4.67.